The standard InChI is InChI=1S/C18H23N3O/c1-5-14(4)20-17-9-15(10-19-11-17)18(22)21-16-7-6-12(2)13(3)8-16/h6-11,14,20H,5H2,1-4H3,(H,21,22). The molecule has 0 radical (unpaired) electrons. The smallest absolute Gasteiger partial charge is 0.257 e. The third-order valence-corrected chi connectivity index (χ3v) is 3.79. The highest BCUT2D eigenvalue weighted by atomic mass is 16.1. The van der Waals surface area contributed by atoms with Crippen molar-refractivity contribution in [1.29, 1.82) is 0 Å². The maximum Gasteiger partial charge on any atom is 0.257 e. The number of aromatic nitrogens is 1. The van der Waals surface area contributed by atoms with Crippen LogP contribution in [0.25, 0.3) is 0 Å². The number of hydrogen-bond donors (Lipinski definition) is 2. The fraction of sp³-hybridized carbons (Fsp3) is 0.333. The molecule has 0 saturated heterocycles. The Hall–Kier alpha value is -2.36. The van der Waals surface area contributed by atoms with E-state index in [1.165, 1.54) is 5.56 Å². The van der Waals surface area contributed by atoms with Crippen LogP contribution in [0.5, 0.6) is 0 Å². The van der Waals surface area contributed by atoms with E-state index in [1.807, 2.05) is 31.2 Å². The second kappa shape index (κ2) is 7.07. The number of pyridine rings is 1. The van der Waals surface area contributed by atoms with E-state index in [-0.39, 0.29) is 5.91 Å². The molecule has 0 saturated carbocycles. The van der Waals surface area contributed by atoms with E-state index in [0.29, 0.717) is 11.6 Å². The van der Waals surface area contributed by atoms with Gasteiger partial charge in [0.05, 0.1) is 11.3 Å². The van der Waals surface area contributed by atoms with Gasteiger partial charge in [0.15, 0.2) is 0 Å². The number of carbonyl (C=O) groups is 1. The Kier molecular flexibility index (Phi) is 5.15. The van der Waals surface area contributed by atoms with Gasteiger partial charge < -0.3 is 10.6 Å². The molecule has 0 bridgehead atoms. The van der Waals surface area contributed by atoms with Gasteiger partial charge in [0.25, 0.3) is 5.91 Å². The summed E-state index contributed by atoms with van der Waals surface area (Å²) < 4.78 is 0. The molecule has 2 rings (SSSR count). The van der Waals surface area contributed by atoms with E-state index >= 15 is 0 Å². The first-order chi connectivity index (χ1) is 10.5. The van der Waals surface area contributed by atoms with Gasteiger partial charge in [-0.1, -0.05) is 13.0 Å². The quantitative estimate of drug-likeness (QED) is 0.871. The minimum Gasteiger partial charge on any atom is -0.381 e. The summed E-state index contributed by atoms with van der Waals surface area (Å²) >= 11 is 0. The van der Waals surface area contributed by atoms with Crippen molar-refractivity contribution >= 4 is 17.3 Å². The highest BCUT2D eigenvalue weighted by molar-refractivity contribution is 6.04. The zero-order chi connectivity index (χ0) is 16.1. The molecule has 0 aliphatic heterocycles. The van der Waals surface area contributed by atoms with Crippen molar-refractivity contribution in [1.82, 2.24) is 4.98 Å². The van der Waals surface area contributed by atoms with Crippen molar-refractivity contribution in [3.8, 4) is 0 Å². The molecule has 4 heteroatoms. The van der Waals surface area contributed by atoms with Crippen LogP contribution in [0.15, 0.2) is 36.7 Å². The minimum atomic E-state index is -0.149. The molecule has 0 spiro atoms. The average molecular weight is 297 g/mol. The molecule has 116 valence electrons. The topological polar surface area (TPSA) is 54.0 Å². The fourth-order valence-corrected chi connectivity index (χ4v) is 2.05. The molecule has 1 amide bonds. The van der Waals surface area contributed by atoms with E-state index < -0.39 is 0 Å². The summed E-state index contributed by atoms with van der Waals surface area (Å²) in [7, 11) is 0. The SMILES string of the molecule is CCC(C)Nc1cncc(C(=O)Nc2ccc(C)c(C)c2)c1. The third kappa shape index (κ3) is 4.07. The Balaban J connectivity index is 2.12. The van der Waals surface area contributed by atoms with E-state index in [1.54, 1.807) is 12.4 Å². The van der Waals surface area contributed by atoms with Gasteiger partial charge in [-0.25, -0.2) is 0 Å². The summed E-state index contributed by atoms with van der Waals surface area (Å²) in [6.07, 6.45) is 4.33. The average Bonchev–Trinajstić information content (AvgIpc) is 2.51. The number of rotatable bonds is 5. The van der Waals surface area contributed by atoms with Crippen molar-refractivity contribution in [3.05, 3.63) is 53.3 Å². The number of hydrogen-bond acceptors (Lipinski definition) is 3. The molecule has 2 N–H and O–H groups in total. The lowest BCUT2D eigenvalue weighted by molar-refractivity contribution is 0.102. The lowest BCUT2D eigenvalue weighted by Gasteiger charge is -2.13. The molecule has 0 aliphatic carbocycles. The predicted molar refractivity (Wildman–Crippen MR) is 91.5 cm³/mol. The van der Waals surface area contributed by atoms with Crippen LogP contribution >= 0.6 is 0 Å². The van der Waals surface area contributed by atoms with E-state index in [2.05, 4.69) is 36.4 Å². The summed E-state index contributed by atoms with van der Waals surface area (Å²) in [5.74, 6) is -0.149. The van der Waals surface area contributed by atoms with Crippen LogP contribution in [0.1, 0.15) is 41.8 Å². The lowest BCUT2D eigenvalue weighted by atomic mass is 10.1. The molecule has 22 heavy (non-hydrogen) atoms. The number of anilines is 2. The lowest BCUT2D eigenvalue weighted by Crippen LogP contribution is -2.16. The first kappa shape index (κ1) is 16.0. The van der Waals surface area contributed by atoms with Crippen LogP contribution in [-0.4, -0.2) is 16.9 Å². The summed E-state index contributed by atoms with van der Waals surface area (Å²) in [6.45, 7) is 8.29. The first-order valence-electron chi connectivity index (χ1n) is 7.59. The Morgan fingerprint density at radius 2 is 1.91 bits per heavy atom. The molecule has 4 nitrogen and oxygen atoms in total. The molecule has 2 aromatic rings. The fourth-order valence-electron chi connectivity index (χ4n) is 2.05. The van der Waals surface area contributed by atoms with Gasteiger partial charge in [0.2, 0.25) is 0 Å². The molecule has 1 unspecified atom stereocenters. The number of aryl methyl sites for hydroxylation is 2. The zero-order valence-electron chi connectivity index (χ0n) is 13.6. The maximum atomic E-state index is 12.3. The van der Waals surface area contributed by atoms with Crippen LogP contribution in [-0.2, 0) is 0 Å². The van der Waals surface area contributed by atoms with Gasteiger partial charge >= 0.3 is 0 Å². The second-order valence-corrected chi connectivity index (χ2v) is 5.67. The maximum absolute atomic E-state index is 12.3. The molecule has 1 aromatic heterocycles. The van der Waals surface area contributed by atoms with Crippen LogP contribution in [0, 0.1) is 13.8 Å². The number of nitrogens with zero attached hydrogens (tertiary/aromatic N) is 1. The molecule has 0 aliphatic rings. The largest absolute Gasteiger partial charge is 0.381 e. The van der Waals surface area contributed by atoms with Gasteiger partial charge in [-0.2, -0.15) is 0 Å². The Morgan fingerprint density at radius 3 is 2.59 bits per heavy atom. The summed E-state index contributed by atoms with van der Waals surface area (Å²) in [6, 6.07) is 8.07. The van der Waals surface area contributed by atoms with Gasteiger partial charge in [0, 0.05) is 24.1 Å². The summed E-state index contributed by atoms with van der Waals surface area (Å²) in [5, 5.41) is 6.24. The Labute approximate surface area is 132 Å². The van der Waals surface area contributed by atoms with Crippen molar-refractivity contribution < 1.29 is 4.79 Å². The van der Waals surface area contributed by atoms with Gasteiger partial charge in [-0.05, 0) is 56.5 Å². The van der Waals surface area contributed by atoms with E-state index in [4.69, 9.17) is 0 Å². The molecule has 0 fully saturated rings. The van der Waals surface area contributed by atoms with Crippen LogP contribution in [0.2, 0.25) is 0 Å². The van der Waals surface area contributed by atoms with Crippen molar-refractivity contribution in [2.24, 2.45) is 0 Å². The van der Waals surface area contributed by atoms with Crippen LogP contribution in [0.3, 0.4) is 0 Å². The Morgan fingerprint density at radius 1 is 1.14 bits per heavy atom. The van der Waals surface area contributed by atoms with Crippen LogP contribution in [0.4, 0.5) is 11.4 Å². The highest BCUT2D eigenvalue weighted by Gasteiger charge is 2.09. The van der Waals surface area contributed by atoms with Crippen molar-refractivity contribution in [3.63, 3.8) is 0 Å². The van der Waals surface area contributed by atoms with Crippen molar-refractivity contribution in [2.75, 3.05) is 10.6 Å². The van der Waals surface area contributed by atoms with Gasteiger partial charge in [-0.15, -0.1) is 0 Å². The van der Waals surface area contributed by atoms with Gasteiger partial charge in [0.1, 0.15) is 0 Å². The number of nitrogens with one attached hydrogen (secondary N) is 2. The summed E-state index contributed by atoms with van der Waals surface area (Å²) in [4.78, 5) is 16.5. The third-order valence-electron chi connectivity index (χ3n) is 3.79. The predicted octanol–water partition coefficient (Wildman–Crippen LogP) is 4.16. The Bertz CT molecular complexity index is 667. The van der Waals surface area contributed by atoms with E-state index in [9.17, 15) is 4.79 Å². The number of benzene rings is 1. The molecule has 1 atom stereocenters. The molecule has 1 heterocycles. The second-order valence-electron chi connectivity index (χ2n) is 5.67. The normalized spacial score (nSPS) is 11.8. The highest BCUT2D eigenvalue weighted by Crippen LogP contribution is 2.16. The first-order valence-corrected chi connectivity index (χ1v) is 7.59. The van der Waals surface area contributed by atoms with Gasteiger partial charge in [-0.3, -0.25) is 9.78 Å². The monoisotopic (exact) mass is 297 g/mol. The summed E-state index contributed by atoms with van der Waals surface area (Å²) in [5.41, 5.74) is 4.57. The van der Waals surface area contributed by atoms with E-state index in [0.717, 1.165) is 23.4 Å². The number of amides is 1. The molecule has 1 aromatic carbocycles. The van der Waals surface area contributed by atoms with Crippen molar-refractivity contribution in [2.45, 2.75) is 40.2 Å². The molecular formula is C18H23N3O. The zero-order valence-corrected chi connectivity index (χ0v) is 13.6. The van der Waals surface area contributed by atoms with Crippen LogP contribution < -0.4 is 10.6 Å². The minimum absolute atomic E-state index is 0.149. The number of carbonyl (C=O) groups excluding carboxylic acids is 1. The molecular weight excluding hydrogens is 274 g/mol.